The molecule has 1 rings (SSSR count). The molecule has 0 aliphatic heterocycles. The summed E-state index contributed by atoms with van der Waals surface area (Å²) in [6.45, 7) is 0. The Kier molecular flexibility index (Phi) is 1.75. The van der Waals surface area contributed by atoms with Crippen molar-refractivity contribution in [3.05, 3.63) is 18.4 Å². The molecule has 0 fully saturated rings. The summed E-state index contributed by atoms with van der Waals surface area (Å²) in [7, 11) is 0. The van der Waals surface area contributed by atoms with Crippen LogP contribution in [0.1, 0.15) is 0 Å². The zero-order chi connectivity index (χ0) is 5.82. The van der Waals surface area contributed by atoms with E-state index in [2.05, 4.69) is 0 Å². The first-order chi connectivity index (χ1) is 3.93. The van der Waals surface area contributed by atoms with Gasteiger partial charge < -0.3 is 4.42 Å². The lowest BCUT2D eigenvalue weighted by Gasteiger charge is -1.78. The Morgan fingerprint density at radius 2 is 2.62 bits per heavy atom. The second-order valence-corrected chi connectivity index (χ2v) is 1.98. The van der Waals surface area contributed by atoms with Gasteiger partial charge in [0, 0.05) is 0 Å². The van der Waals surface area contributed by atoms with Crippen molar-refractivity contribution in [1.82, 2.24) is 0 Å². The molecule has 0 radical (unpaired) electrons. The lowest BCUT2D eigenvalue weighted by atomic mass is 10.7. The summed E-state index contributed by atoms with van der Waals surface area (Å²) in [4.78, 5) is 9.78. The van der Waals surface area contributed by atoms with Crippen molar-refractivity contribution in [1.29, 1.82) is 0 Å². The van der Waals surface area contributed by atoms with E-state index >= 15 is 0 Å². The predicted octanol–water partition coefficient (Wildman–Crippen LogP) is 1.56. The molecule has 0 spiro atoms. The van der Waals surface area contributed by atoms with Crippen molar-refractivity contribution in [2.75, 3.05) is 0 Å². The Bertz CT molecular complexity index is 157. The van der Waals surface area contributed by atoms with Gasteiger partial charge in [-0.2, -0.15) is 0 Å². The van der Waals surface area contributed by atoms with Crippen LogP contribution in [0, 0.1) is 0 Å². The molecule has 0 amide bonds. The highest BCUT2D eigenvalue weighted by molar-refractivity contribution is 8.11. The van der Waals surface area contributed by atoms with Gasteiger partial charge in [0.15, 0.2) is 10.7 Å². The van der Waals surface area contributed by atoms with Gasteiger partial charge >= 0.3 is 0 Å². The first-order valence-electron chi connectivity index (χ1n) is 2.07. The van der Waals surface area contributed by atoms with Crippen molar-refractivity contribution >= 4 is 17.4 Å². The molecule has 0 atom stereocenters. The van der Waals surface area contributed by atoms with Gasteiger partial charge in [0.25, 0.3) is 0 Å². The molecule has 1 aromatic rings. The van der Waals surface area contributed by atoms with Crippen LogP contribution >= 0.6 is 11.8 Å². The molecule has 3 heteroatoms. The van der Waals surface area contributed by atoms with Crippen molar-refractivity contribution in [3.8, 4) is 0 Å². The van der Waals surface area contributed by atoms with Crippen LogP contribution in [0.15, 0.2) is 27.9 Å². The van der Waals surface area contributed by atoms with E-state index in [0.717, 1.165) is 17.4 Å². The van der Waals surface area contributed by atoms with E-state index in [1.165, 1.54) is 6.26 Å². The van der Waals surface area contributed by atoms with Gasteiger partial charge in [-0.3, -0.25) is 4.79 Å². The van der Waals surface area contributed by atoms with Gasteiger partial charge in [-0.05, 0) is 23.9 Å². The average Bonchev–Trinajstić information content (AvgIpc) is 2.19. The fourth-order valence-corrected chi connectivity index (χ4v) is 0.741. The van der Waals surface area contributed by atoms with Crippen molar-refractivity contribution in [2.24, 2.45) is 0 Å². The summed E-state index contributed by atoms with van der Waals surface area (Å²) in [6, 6.07) is 3.48. The normalized spacial score (nSPS) is 9.00. The van der Waals surface area contributed by atoms with E-state index in [9.17, 15) is 4.79 Å². The molecule has 1 aromatic heterocycles. The largest absolute Gasteiger partial charge is 0.458 e. The van der Waals surface area contributed by atoms with Crippen LogP contribution in [0.2, 0.25) is 0 Å². The van der Waals surface area contributed by atoms with Gasteiger partial charge in [-0.25, -0.2) is 0 Å². The maximum atomic E-state index is 9.78. The lowest BCUT2D eigenvalue weighted by molar-refractivity contribution is 0.475. The number of hydrogen-bond acceptors (Lipinski definition) is 3. The van der Waals surface area contributed by atoms with Crippen LogP contribution < -0.4 is 0 Å². The van der Waals surface area contributed by atoms with Crippen LogP contribution in [0.4, 0.5) is 0 Å². The molecule has 8 heavy (non-hydrogen) atoms. The Labute approximate surface area is 50.9 Å². The average molecular weight is 128 g/mol. The fourth-order valence-electron chi connectivity index (χ4n) is 0.378. The van der Waals surface area contributed by atoms with Gasteiger partial charge in [-0.15, -0.1) is 0 Å². The number of furan rings is 1. The van der Waals surface area contributed by atoms with Crippen molar-refractivity contribution in [3.63, 3.8) is 0 Å². The minimum Gasteiger partial charge on any atom is -0.458 e. The third kappa shape index (κ3) is 1.13. The number of hydrogen-bond donors (Lipinski definition) is 0. The molecule has 1 heterocycles. The summed E-state index contributed by atoms with van der Waals surface area (Å²) in [5.74, 6) is 0. The monoisotopic (exact) mass is 128 g/mol. The Balaban J connectivity index is 2.62. The van der Waals surface area contributed by atoms with Crippen LogP contribution in [-0.4, -0.2) is 5.62 Å². The van der Waals surface area contributed by atoms with Crippen molar-refractivity contribution in [2.45, 2.75) is 5.09 Å². The van der Waals surface area contributed by atoms with E-state index in [1.807, 2.05) is 0 Å². The van der Waals surface area contributed by atoms with E-state index < -0.39 is 0 Å². The predicted molar refractivity (Wildman–Crippen MR) is 31.3 cm³/mol. The molecule has 42 valence electrons. The first kappa shape index (κ1) is 5.44. The summed E-state index contributed by atoms with van der Waals surface area (Å²) in [6.07, 6.45) is 1.53. The molecule has 0 aliphatic rings. The van der Waals surface area contributed by atoms with Crippen LogP contribution in [0.5, 0.6) is 0 Å². The first-order valence-corrected chi connectivity index (χ1v) is 2.95. The summed E-state index contributed by atoms with van der Waals surface area (Å²) in [5, 5.41) is 0.639. The summed E-state index contributed by atoms with van der Waals surface area (Å²) in [5.41, 5.74) is 0.735. The quantitative estimate of drug-likeness (QED) is 0.447. The second kappa shape index (κ2) is 2.57. The highest BCUT2D eigenvalue weighted by atomic mass is 32.2. The zero-order valence-corrected chi connectivity index (χ0v) is 4.85. The molecule has 0 bridgehead atoms. The molecule has 2 nitrogen and oxygen atoms in total. The van der Waals surface area contributed by atoms with E-state index in [1.54, 1.807) is 12.1 Å². The van der Waals surface area contributed by atoms with Gasteiger partial charge in [0.05, 0.1) is 6.26 Å². The highest BCUT2D eigenvalue weighted by Gasteiger charge is 1.90. The molecule has 0 unspecified atom stereocenters. The Morgan fingerprint density at radius 1 is 1.75 bits per heavy atom. The third-order valence-electron chi connectivity index (χ3n) is 0.659. The fraction of sp³-hybridized carbons (Fsp3) is 0. The molecular weight excluding hydrogens is 124 g/mol. The van der Waals surface area contributed by atoms with E-state index in [-0.39, 0.29) is 0 Å². The van der Waals surface area contributed by atoms with Crippen LogP contribution in [-0.2, 0) is 4.79 Å². The van der Waals surface area contributed by atoms with Crippen LogP contribution in [0.25, 0.3) is 0 Å². The lowest BCUT2D eigenvalue weighted by Crippen LogP contribution is -1.57. The molecule has 0 N–H and O–H groups in total. The van der Waals surface area contributed by atoms with Crippen LogP contribution in [0.3, 0.4) is 0 Å². The maximum Gasteiger partial charge on any atom is 0.183 e. The topological polar surface area (TPSA) is 30.2 Å². The maximum absolute atomic E-state index is 9.78. The third-order valence-corrected chi connectivity index (χ3v) is 1.22. The number of rotatable bonds is 2. The molecular formula is C5H4O2S. The molecule has 0 aromatic carbocycles. The van der Waals surface area contributed by atoms with Gasteiger partial charge in [-0.1, -0.05) is 0 Å². The summed E-state index contributed by atoms with van der Waals surface area (Å²) < 4.78 is 4.81. The molecule has 0 saturated carbocycles. The smallest absolute Gasteiger partial charge is 0.183 e. The molecule has 0 aliphatic carbocycles. The standard InChI is InChI=1S/C5H4O2S/c6-4-8-5-2-1-3-7-5/h1-4H. The minimum atomic E-state index is 0.639. The highest BCUT2D eigenvalue weighted by Crippen LogP contribution is 2.13. The number of carbonyl (C=O) groups excluding carboxylic acids is 1. The van der Waals surface area contributed by atoms with Crippen molar-refractivity contribution < 1.29 is 9.21 Å². The van der Waals surface area contributed by atoms with E-state index in [0.29, 0.717) is 5.09 Å². The number of thioether (sulfide) groups is 1. The minimum absolute atomic E-state index is 0.639. The Morgan fingerprint density at radius 3 is 3.12 bits per heavy atom. The SMILES string of the molecule is O=CSc1ccco1. The zero-order valence-electron chi connectivity index (χ0n) is 4.03. The number of carbonyl (C=O) groups is 1. The van der Waals surface area contributed by atoms with Gasteiger partial charge in [0.2, 0.25) is 0 Å². The van der Waals surface area contributed by atoms with E-state index in [4.69, 9.17) is 4.42 Å². The molecule has 0 saturated heterocycles. The summed E-state index contributed by atoms with van der Waals surface area (Å²) >= 11 is 1.03. The Hall–Kier alpha value is -0.700. The van der Waals surface area contributed by atoms with Gasteiger partial charge in [0.1, 0.15) is 0 Å². The second-order valence-electron chi connectivity index (χ2n) is 1.15.